The summed E-state index contributed by atoms with van der Waals surface area (Å²) in [5, 5.41) is 8.83. The molecule has 1 aromatic rings. The van der Waals surface area contributed by atoms with Crippen molar-refractivity contribution < 1.29 is 14.2 Å². The maximum Gasteiger partial charge on any atom is 0.250 e. The lowest BCUT2D eigenvalue weighted by molar-refractivity contribution is 0.251. The number of hydrogen-bond acceptors (Lipinski definition) is 3. The molecule has 0 fully saturated rings. The van der Waals surface area contributed by atoms with Gasteiger partial charge in [0.1, 0.15) is 0 Å². The fraction of sp³-hybridized carbons (Fsp3) is 0.545. The van der Waals surface area contributed by atoms with Crippen molar-refractivity contribution in [3.05, 3.63) is 23.6 Å². The first kappa shape index (κ1) is 11.9. The monoisotopic (exact) mass is 213 g/mol. The Morgan fingerprint density at radius 2 is 2.27 bits per heavy atom. The molecule has 0 saturated carbocycles. The van der Waals surface area contributed by atoms with Crippen LogP contribution in [0.2, 0.25) is 0 Å². The van der Waals surface area contributed by atoms with Gasteiger partial charge in [0.15, 0.2) is 5.82 Å². The van der Waals surface area contributed by atoms with Gasteiger partial charge in [-0.1, -0.05) is 13.8 Å². The molecule has 0 spiro atoms. The number of rotatable bonds is 5. The molecule has 1 aromatic heterocycles. The van der Waals surface area contributed by atoms with E-state index in [1.54, 1.807) is 0 Å². The minimum Gasteiger partial charge on any atom is -0.476 e. The lowest BCUT2D eigenvalue weighted by atomic mass is 10.1. The third-order valence-corrected chi connectivity index (χ3v) is 2.04. The van der Waals surface area contributed by atoms with Crippen LogP contribution in [0.5, 0.6) is 5.88 Å². The summed E-state index contributed by atoms with van der Waals surface area (Å²) in [4.78, 5) is 3.78. The Morgan fingerprint density at radius 3 is 2.87 bits per heavy atom. The van der Waals surface area contributed by atoms with Crippen LogP contribution in [-0.4, -0.2) is 16.7 Å². The molecule has 0 radical (unpaired) electrons. The highest BCUT2D eigenvalue weighted by molar-refractivity contribution is 5.22. The molecule has 0 atom stereocenters. The molecule has 1 heterocycles. The minimum atomic E-state index is -0.566. The first-order valence-corrected chi connectivity index (χ1v) is 5.02. The van der Waals surface area contributed by atoms with Gasteiger partial charge in [-0.05, 0) is 18.4 Å². The highest BCUT2D eigenvalue weighted by Crippen LogP contribution is 2.17. The van der Waals surface area contributed by atoms with E-state index < -0.39 is 5.82 Å². The van der Waals surface area contributed by atoms with E-state index in [9.17, 15) is 4.39 Å². The molecule has 0 unspecified atom stereocenters. The summed E-state index contributed by atoms with van der Waals surface area (Å²) in [7, 11) is 0. The molecule has 0 saturated heterocycles. The normalized spacial score (nSPS) is 10.7. The zero-order valence-electron chi connectivity index (χ0n) is 9.03. The van der Waals surface area contributed by atoms with E-state index in [-0.39, 0.29) is 18.1 Å². The van der Waals surface area contributed by atoms with E-state index in [2.05, 4.69) is 18.8 Å². The van der Waals surface area contributed by atoms with Crippen molar-refractivity contribution in [3.8, 4) is 5.88 Å². The van der Waals surface area contributed by atoms with Gasteiger partial charge in [-0.15, -0.1) is 0 Å². The van der Waals surface area contributed by atoms with Gasteiger partial charge in [0.2, 0.25) is 0 Å². The Labute approximate surface area is 88.9 Å². The number of hydrogen-bond donors (Lipinski definition) is 1. The molecule has 4 heteroatoms. The van der Waals surface area contributed by atoms with Crippen molar-refractivity contribution in [3.63, 3.8) is 0 Å². The molecule has 0 aliphatic carbocycles. The van der Waals surface area contributed by atoms with Gasteiger partial charge in [-0.2, -0.15) is 0 Å². The van der Waals surface area contributed by atoms with Crippen molar-refractivity contribution in [1.29, 1.82) is 0 Å². The second kappa shape index (κ2) is 5.66. The summed E-state index contributed by atoms with van der Waals surface area (Å²) >= 11 is 0. The van der Waals surface area contributed by atoms with Gasteiger partial charge in [-0.3, -0.25) is 0 Å². The van der Waals surface area contributed by atoms with Gasteiger partial charge in [0.25, 0.3) is 5.88 Å². The number of halogens is 1. The molecule has 84 valence electrons. The molecule has 0 aliphatic heterocycles. The Morgan fingerprint density at radius 1 is 1.53 bits per heavy atom. The first-order valence-electron chi connectivity index (χ1n) is 5.02. The summed E-state index contributed by atoms with van der Waals surface area (Å²) in [5.41, 5.74) is 0.213. The highest BCUT2D eigenvalue weighted by Gasteiger charge is 2.09. The van der Waals surface area contributed by atoms with Gasteiger partial charge in [0.05, 0.1) is 13.2 Å². The summed E-state index contributed by atoms with van der Waals surface area (Å²) in [6, 6.07) is 1.44. The van der Waals surface area contributed by atoms with Crippen LogP contribution in [0.4, 0.5) is 4.39 Å². The Kier molecular flexibility index (Phi) is 4.49. The number of aliphatic hydroxyl groups excluding tert-OH is 1. The molecule has 0 amide bonds. The highest BCUT2D eigenvalue weighted by atomic mass is 19.1. The zero-order chi connectivity index (χ0) is 11.3. The van der Waals surface area contributed by atoms with Crippen LogP contribution >= 0.6 is 0 Å². The topological polar surface area (TPSA) is 42.4 Å². The van der Waals surface area contributed by atoms with Gasteiger partial charge >= 0.3 is 0 Å². The largest absolute Gasteiger partial charge is 0.476 e. The average Bonchev–Trinajstić information content (AvgIpc) is 2.20. The van der Waals surface area contributed by atoms with Crippen LogP contribution in [0.25, 0.3) is 0 Å². The van der Waals surface area contributed by atoms with Crippen LogP contribution in [0.1, 0.15) is 25.8 Å². The fourth-order valence-electron chi connectivity index (χ4n) is 1.08. The van der Waals surface area contributed by atoms with Crippen LogP contribution in [0.3, 0.4) is 0 Å². The molecule has 0 aromatic carbocycles. The summed E-state index contributed by atoms with van der Waals surface area (Å²) in [6.45, 7) is 4.24. The summed E-state index contributed by atoms with van der Waals surface area (Å²) in [6.07, 6.45) is 2.28. The number of aliphatic hydroxyl groups is 1. The van der Waals surface area contributed by atoms with E-state index in [1.165, 1.54) is 12.3 Å². The maximum atomic E-state index is 13.4. The number of aromatic nitrogens is 1. The average molecular weight is 213 g/mol. The number of nitrogens with zero attached hydrogens (tertiary/aromatic N) is 1. The molecule has 3 nitrogen and oxygen atoms in total. The van der Waals surface area contributed by atoms with E-state index in [1.807, 2.05) is 0 Å². The van der Waals surface area contributed by atoms with Crippen LogP contribution < -0.4 is 4.74 Å². The number of ether oxygens (including phenoxy) is 1. The van der Waals surface area contributed by atoms with Crippen LogP contribution in [0.15, 0.2) is 12.3 Å². The molecule has 0 bridgehead atoms. The van der Waals surface area contributed by atoms with Crippen molar-refractivity contribution in [2.45, 2.75) is 26.9 Å². The zero-order valence-corrected chi connectivity index (χ0v) is 9.03. The minimum absolute atomic E-state index is 0.0257. The summed E-state index contributed by atoms with van der Waals surface area (Å²) in [5.74, 6) is -0.0833. The van der Waals surface area contributed by atoms with Crippen molar-refractivity contribution in [2.75, 3.05) is 6.61 Å². The van der Waals surface area contributed by atoms with Gasteiger partial charge < -0.3 is 9.84 Å². The van der Waals surface area contributed by atoms with Crippen molar-refractivity contribution in [1.82, 2.24) is 4.98 Å². The SMILES string of the molecule is CC(C)CCOc1nccc(CO)c1F. The maximum absolute atomic E-state index is 13.4. The second-order valence-electron chi connectivity index (χ2n) is 3.78. The Hall–Kier alpha value is -1.16. The third kappa shape index (κ3) is 3.47. The Balaban J connectivity index is 2.61. The molecule has 0 aliphatic rings. The fourth-order valence-corrected chi connectivity index (χ4v) is 1.08. The second-order valence-corrected chi connectivity index (χ2v) is 3.78. The predicted molar refractivity (Wildman–Crippen MR) is 55.1 cm³/mol. The van der Waals surface area contributed by atoms with E-state index >= 15 is 0 Å². The predicted octanol–water partition coefficient (Wildman–Crippen LogP) is 2.14. The smallest absolute Gasteiger partial charge is 0.250 e. The lowest BCUT2D eigenvalue weighted by Crippen LogP contribution is -2.05. The van der Waals surface area contributed by atoms with Crippen molar-refractivity contribution in [2.24, 2.45) is 5.92 Å². The molecule has 1 N–H and O–H groups in total. The van der Waals surface area contributed by atoms with Gasteiger partial charge in [-0.25, -0.2) is 9.37 Å². The molecule has 1 rings (SSSR count). The standard InChI is InChI=1S/C11H16FNO2/c1-8(2)4-6-15-11-10(12)9(7-14)3-5-13-11/h3,5,8,14H,4,6-7H2,1-2H3. The van der Waals surface area contributed by atoms with Crippen LogP contribution in [-0.2, 0) is 6.61 Å². The lowest BCUT2D eigenvalue weighted by Gasteiger charge is -2.09. The Bertz CT molecular complexity index is 315. The quantitative estimate of drug-likeness (QED) is 0.814. The van der Waals surface area contributed by atoms with Crippen LogP contribution in [0, 0.1) is 11.7 Å². The van der Waals surface area contributed by atoms with E-state index in [4.69, 9.17) is 9.84 Å². The van der Waals surface area contributed by atoms with Crippen molar-refractivity contribution >= 4 is 0 Å². The summed E-state index contributed by atoms with van der Waals surface area (Å²) < 4.78 is 18.6. The first-order chi connectivity index (χ1) is 7.15. The van der Waals surface area contributed by atoms with E-state index in [0.29, 0.717) is 12.5 Å². The molecular formula is C11H16FNO2. The van der Waals surface area contributed by atoms with E-state index in [0.717, 1.165) is 6.42 Å². The third-order valence-electron chi connectivity index (χ3n) is 2.04. The molecule has 15 heavy (non-hydrogen) atoms. The number of pyridine rings is 1. The van der Waals surface area contributed by atoms with Gasteiger partial charge in [0, 0.05) is 11.8 Å². The molecular weight excluding hydrogens is 197 g/mol.